The van der Waals surface area contributed by atoms with Gasteiger partial charge in [0, 0.05) is 31.8 Å². The van der Waals surface area contributed by atoms with Gasteiger partial charge in [-0.15, -0.1) is 0 Å². The molecule has 148 valence electrons. The number of aliphatic imine (C=N–C) groups is 1. The first kappa shape index (κ1) is 20.1. The van der Waals surface area contributed by atoms with Crippen LogP contribution in [-0.4, -0.2) is 30.9 Å². The normalized spacial score (nSPS) is 12.8. The molecule has 2 amide bonds. The van der Waals surface area contributed by atoms with E-state index in [1.54, 1.807) is 43.3 Å². The van der Waals surface area contributed by atoms with Gasteiger partial charge in [0.15, 0.2) is 5.78 Å². The van der Waals surface area contributed by atoms with E-state index in [9.17, 15) is 18.8 Å². The van der Waals surface area contributed by atoms with Crippen LogP contribution in [0.15, 0.2) is 58.7 Å². The highest BCUT2D eigenvalue weighted by atomic mass is 19.1. The Morgan fingerprint density at radius 1 is 1.07 bits per heavy atom. The number of rotatable bonds is 6. The number of amides is 2. The molecule has 0 bridgehead atoms. The van der Waals surface area contributed by atoms with Crippen LogP contribution < -0.4 is 10.6 Å². The van der Waals surface area contributed by atoms with E-state index < -0.39 is 17.6 Å². The third kappa shape index (κ3) is 4.45. The minimum atomic E-state index is -0.530. The quantitative estimate of drug-likeness (QED) is 0.740. The van der Waals surface area contributed by atoms with Gasteiger partial charge in [-0.1, -0.05) is 24.3 Å². The second kappa shape index (κ2) is 8.60. The molecule has 2 aromatic rings. The Hall–Kier alpha value is -3.61. The average molecular weight is 393 g/mol. The first-order valence-corrected chi connectivity index (χ1v) is 9.07. The maximum atomic E-state index is 14.0. The average Bonchev–Trinajstić information content (AvgIpc) is 3.19. The Bertz CT molecular complexity index is 1020. The van der Waals surface area contributed by atoms with E-state index in [0.717, 1.165) is 0 Å². The van der Waals surface area contributed by atoms with Crippen molar-refractivity contribution in [3.05, 3.63) is 76.2 Å². The number of nitrogens with zero attached hydrogens (tertiary/aromatic N) is 1. The predicted molar refractivity (Wildman–Crippen MR) is 108 cm³/mol. The molecule has 29 heavy (non-hydrogen) atoms. The fourth-order valence-corrected chi connectivity index (χ4v) is 3.09. The minimum absolute atomic E-state index is 0.0514. The molecule has 3 rings (SSSR count). The van der Waals surface area contributed by atoms with Crippen LogP contribution in [0.25, 0.3) is 0 Å². The summed E-state index contributed by atoms with van der Waals surface area (Å²) in [6, 6.07) is 11.2. The summed E-state index contributed by atoms with van der Waals surface area (Å²) >= 11 is 0. The third-order valence-corrected chi connectivity index (χ3v) is 4.60. The molecule has 6 nitrogen and oxygen atoms in total. The first-order valence-electron chi connectivity index (χ1n) is 9.07. The van der Waals surface area contributed by atoms with Crippen molar-refractivity contribution in [2.75, 3.05) is 12.4 Å². The van der Waals surface area contributed by atoms with Gasteiger partial charge in [0.1, 0.15) is 11.5 Å². The Morgan fingerprint density at radius 2 is 1.79 bits per heavy atom. The first-order chi connectivity index (χ1) is 13.9. The fourth-order valence-electron chi connectivity index (χ4n) is 3.09. The lowest BCUT2D eigenvalue weighted by Gasteiger charge is -2.09. The van der Waals surface area contributed by atoms with E-state index >= 15 is 0 Å². The van der Waals surface area contributed by atoms with Crippen molar-refractivity contribution in [3.63, 3.8) is 0 Å². The molecule has 1 aliphatic rings. The zero-order valence-corrected chi connectivity index (χ0v) is 16.1. The molecule has 0 atom stereocenters. The van der Waals surface area contributed by atoms with Crippen molar-refractivity contribution in [1.82, 2.24) is 5.32 Å². The van der Waals surface area contributed by atoms with Crippen LogP contribution >= 0.6 is 0 Å². The largest absolute Gasteiger partial charge is 0.354 e. The van der Waals surface area contributed by atoms with Crippen molar-refractivity contribution in [2.24, 2.45) is 4.99 Å². The molecule has 2 aromatic carbocycles. The Balaban J connectivity index is 1.69. The van der Waals surface area contributed by atoms with Gasteiger partial charge < -0.3 is 10.6 Å². The van der Waals surface area contributed by atoms with Gasteiger partial charge in [-0.05, 0) is 36.2 Å². The summed E-state index contributed by atoms with van der Waals surface area (Å²) in [4.78, 5) is 40.6. The van der Waals surface area contributed by atoms with Crippen molar-refractivity contribution in [1.29, 1.82) is 0 Å². The molecular weight excluding hydrogens is 373 g/mol. The number of anilines is 1. The van der Waals surface area contributed by atoms with E-state index in [2.05, 4.69) is 15.6 Å². The lowest BCUT2D eigenvalue weighted by atomic mass is 9.98. The molecule has 7 heteroatoms. The molecule has 2 N–H and O–H groups in total. The Labute approximate surface area is 167 Å². The summed E-state index contributed by atoms with van der Waals surface area (Å²) in [5.41, 5.74) is 2.30. The van der Waals surface area contributed by atoms with Gasteiger partial charge >= 0.3 is 0 Å². The van der Waals surface area contributed by atoms with E-state index in [4.69, 9.17) is 0 Å². The van der Waals surface area contributed by atoms with Crippen LogP contribution in [0.5, 0.6) is 0 Å². The number of hydrogen-bond acceptors (Lipinski definition) is 4. The van der Waals surface area contributed by atoms with E-state index in [0.29, 0.717) is 22.4 Å². The summed E-state index contributed by atoms with van der Waals surface area (Å²) in [6.45, 7) is 1.70. The van der Waals surface area contributed by atoms with Crippen LogP contribution in [0, 0.1) is 12.7 Å². The summed E-state index contributed by atoms with van der Waals surface area (Å²) < 4.78 is 14.0. The Morgan fingerprint density at radius 3 is 2.45 bits per heavy atom. The molecule has 1 heterocycles. The molecular formula is C22H20FN3O3. The van der Waals surface area contributed by atoms with Crippen LogP contribution in [0.3, 0.4) is 0 Å². The predicted octanol–water partition coefficient (Wildman–Crippen LogP) is 2.97. The van der Waals surface area contributed by atoms with Gasteiger partial charge in [0.2, 0.25) is 0 Å². The number of aryl methyl sites for hydroxylation is 1. The summed E-state index contributed by atoms with van der Waals surface area (Å²) in [7, 11) is 1.47. The highest BCUT2D eigenvalue weighted by Crippen LogP contribution is 2.20. The molecule has 0 radical (unpaired) electrons. The maximum absolute atomic E-state index is 14.0. The number of Topliss-reactive ketones (excluding diaryl/α,β-unsaturated/α-hetero) is 1. The standard InChI is InChI=1S/C22H20FN3O3/c1-13-4-3-5-17(23)19(13)18(27)12-14-6-8-15(9-7-14)26-21(28)16-10-11-25-20(16)22(29)24-2/h3-9,11H,10,12H2,1-2H3,(H,24,29)(H,26,28). The summed E-state index contributed by atoms with van der Waals surface area (Å²) in [6.07, 6.45) is 1.85. The topological polar surface area (TPSA) is 87.6 Å². The number of carbonyl (C=O) groups is 3. The molecule has 0 aromatic heterocycles. The van der Waals surface area contributed by atoms with E-state index in [1.807, 2.05) is 0 Å². The van der Waals surface area contributed by atoms with Gasteiger partial charge in [-0.2, -0.15) is 0 Å². The molecule has 0 spiro atoms. The lowest BCUT2D eigenvalue weighted by Crippen LogP contribution is -2.23. The molecule has 1 aliphatic heterocycles. The fraction of sp³-hybridized carbons (Fsp3) is 0.182. The van der Waals surface area contributed by atoms with Crippen molar-refractivity contribution < 1.29 is 18.8 Å². The number of likely N-dealkylation sites (N-methyl/N-ethyl adjacent to an activating group) is 1. The van der Waals surface area contributed by atoms with Gasteiger partial charge in [-0.3, -0.25) is 19.4 Å². The van der Waals surface area contributed by atoms with Crippen molar-refractivity contribution in [2.45, 2.75) is 19.8 Å². The number of hydrogen-bond donors (Lipinski definition) is 2. The highest BCUT2D eigenvalue weighted by Gasteiger charge is 2.23. The zero-order valence-electron chi connectivity index (χ0n) is 16.1. The zero-order chi connectivity index (χ0) is 21.0. The van der Waals surface area contributed by atoms with Crippen LogP contribution in [0.2, 0.25) is 0 Å². The molecule has 0 fully saturated rings. The second-order valence-corrected chi connectivity index (χ2v) is 6.60. The number of carbonyl (C=O) groups excluding carboxylic acids is 3. The lowest BCUT2D eigenvalue weighted by molar-refractivity contribution is -0.118. The van der Waals surface area contributed by atoms with Gasteiger partial charge in [-0.25, -0.2) is 4.39 Å². The summed E-state index contributed by atoms with van der Waals surface area (Å²) in [5, 5.41) is 5.17. The molecule has 0 unspecified atom stereocenters. The number of halogens is 1. The maximum Gasteiger partial charge on any atom is 0.270 e. The van der Waals surface area contributed by atoms with E-state index in [-0.39, 0.29) is 29.9 Å². The summed E-state index contributed by atoms with van der Waals surface area (Å²) in [5.74, 6) is -1.66. The molecule has 0 saturated heterocycles. The monoisotopic (exact) mass is 393 g/mol. The number of ketones is 1. The van der Waals surface area contributed by atoms with Gasteiger partial charge in [0.25, 0.3) is 11.8 Å². The van der Waals surface area contributed by atoms with Gasteiger partial charge in [0.05, 0.1) is 11.1 Å². The minimum Gasteiger partial charge on any atom is -0.354 e. The second-order valence-electron chi connectivity index (χ2n) is 6.60. The Kier molecular flexibility index (Phi) is 5.97. The van der Waals surface area contributed by atoms with Crippen LogP contribution in [-0.2, 0) is 16.0 Å². The van der Waals surface area contributed by atoms with Crippen molar-refractivity contribution in [3.8, 4) is 0 Å². The smallest absolute Gasteiger partial charge is 0.270 e. The molecule has 0 saturated carbocycles. The van der Waals surface area contributed by atoms with Crippen LogP contribution in [0.4, 0.5) is 10.1 Å². The van der Waals surface area contributed by atoms with Crippen molar-refractivity contribution >= 4 is 29.5 Å². The third-order valence-electron chi connectivity index (χ3n) is 4.60. The number of benzene rings is 2. The number of nitrogens with one attached hydrogen (secondary N) is 2. The van der Waals surface area contributed by atoms with E-state index in [1.165, 1.54) is 19.3 Å². The molecule has 0 aliphatic carbocycles. The van der Waals surface area contributed by atoms with Crippen LogP contribution in [0.1, 0.15) is 27.9 Å². The SMILES string of the molecule is CNC(=O)C1=C(C(=O)Nc2ccc(CC(=O)c3c(C)cccc3F)cc2)CC=N1. The highest BCUT2D eigenvalue weighted by molar-refractivity contribution is 6.13.